The van der Waals surface area contributed by atoms with Gasteiger partial charge in [-0.25, -0.2) is 0 Å². The van der Waals surface area contributed by atoms with Crippen LogP contribution in [0, 0.1) is 6.92 Å². The fourth-order valence-electron chi connectivity index (χ4n) is 1.29. The van der Waals surface area contributed by atoms with Crippen molar-refractivity contribution >= 4 is 27.5 Å². The molecule has 0 N–H and O–H groups in total. The van der Waals surface area contributed by atoms with Crippen LogP contribution in [-0.2, 0) is 0 Å². The minimum atomic E-state index is 0.863. The number of aromatic nitrogens is 1. The lowest BCUT2D eigenvalue weighted by Gasteiger charge is -2.01. The molecule has 78 valence electrons. The molecule has 2 nitrogen and oxygen atoms in total. The predicted molar refractivity (Wildman–Crippen MR) is 66.5 cm³/mol. The van der Waals surface area contributed by atoms with Crippen molar-refractivity contribution in [1.82, 2.24) is 4.37 Å². The first-order chi connectivity index (χ1) is 7.22. The molecule has 0 saturated heterocycles. The SMILES string of the molecule is COc1ccc(-c2nsc(C)c2Br)cc1. The molecule has 1 aromatic heterocycles. The second-order valence-electron chi connectivity index (χ2n) is 3.13. The predicted octanol–water partition coefficient (Wildman–Crippen LogP) is 3.89. The maximum atomic E-state index is 5.11. The second-order valence-corrected chi connectivity index (χ2v) is 4.90. The van der Waals surface area contributed by atoms with Crippen LogP contribution in [0.1, 0.15) is 4.88 Å². The van der Waals surface area contributed by atoms with E-state index in [9.17, 15) is 0 Å². The van der Waals surface area contributed by atoms with E-state index in [0.717, 1.165) is 21.5 Å². The summed E-state index contributed by atoms with van der Waals surface area (Å²) < 4.78 is 10.6. The highest BCUT2D eigenvalue weighted by Crippen LogP contribution is 2.33. The van der Waals surface area contributed by atoms with Gasteiger partial charge in [-0.3, -0.25) is 0 Å². The topological polar surface area (TPSA) is 22.1 Å². The number of halogens is 1. The Morgan fingerprint density at radius 2 is 1.93 bits per heavy atom. The van der Waals surface area contributed by atoms with Crippen molar-refractivity contribution in [2.45, 2.75) is 6.92 Å². The normalized spacial score (nSPS) is 10.3. The van der Waals surface area contributed by atoms with Gasteiger partial charge in [-0.1, -0.05) is 0 Å². The van der Waals surface area contributed by atoms with E-state index in [1.54, 1.807) is 7.11 Å². The van der Waals surface area contributed by atoms with Crippen molar-refractivity contribution in [2.24, 2.45) is 0 Å². The molecule has 1 heterocycles. The van der Waals surface area contributed by atoms with Crippen LogP contribution in [0.4, 0.5) is 0 Å². The maximum absolute atomic E-state index is 5.11. The Morgan fingerprint density at radius 3 is 2.40 bits per heavy atom. The lowest BCUT2D eigenvalue weighted by molar-refractivity contribution is 0.415. The Bertz CT molecular complexity index is 464. The number of methoxy groups -OCH3 is 1. The number of hydrogen-bond acceptors (Lipinski definition) is 3. The molecule has 0 amide bonds. The minimum Gasteiger partial charge on any atom is -0.497 e. The molecule has 0 unspecified atom stereocenters. The zero-order chi connectivity index (χ0) is 10.8. The molecule has 0 aliphatic rings. The fourth-order valence-corrected chi connectivity index (χ4v) is 2.54. The summed E-state index contributed by atoms with van der Waals surface area (Å²) in [5.74, 6) is 0.863. The average molecular weight is 284 g/mol. The van der Waals surface area contributed by atoms with Gasteiger partial charge in [-0.05, 0) is 58.7 Å². The summed E-state index contributed by atoms with van der Waals surface area (Å²) in [7, 11) is 1.66. The summed E-state index contributed by atoms with van der Waals surface area (Å²) in [5, 5.41) is 0. The summed E-state index contributed by atoms with van der Waals surface area (Å²) in [6, 6.07) is 7.91. The van der Waals surface area contributed by atoms with Gasteiger partial charge < -0.3 is 4.74 Å². The Labute approximate surface area is 101 Å². The number of hydrogen-bond donors (Lipinski definition) is 0. The summed E-state index contributed by atoms with van der Waals surface area (Å²) in [4.78, 5) is 1.20. The van der Waals surface area contributed by atoms with Gasteiger partial charge in [0.1, 0.15) is 5.75 Å². The van der Waals surface area contributed by atoms with E-state index >= 15 is 0 Å². The smallest absolute Gasteiger partial charge is 0.118 e. The highest BCUT2D eigenvalue weighted by molar-refractivity contribution is 9.10. The van der Waals surface area contributed by atoms with Crippen LogP contribution < -0.4 is 4.74 Å². The molecule has 4 heteroatoms. The van der Waals surface area contributed by atoms with Gasteiger partial charge >= 0.3 is 0 Å². The number of nitrogens with zero attached hydrogens (tertiary/aromatic N) is 1. The van der Waals surface area contributed by atoms with Crippen molar-refractivity contribution in [3.8, 4) is 17.0 Å². The van der Waals surface area contributed by atoms with Gasteiger partial charge in [0, 0.05) is 10.4 Å². The monoisotopic (exact) mass is 283 g/mol. The van der Waals surface area contributed by atoms with E-state index < -0.39 is 0 Å². The molecule has 0 aliphatic heterocycles. The zero-order valence-corrected chi connectivity index (χ0v) is 10.9. The quantitative estimate of drug-likeness (QED) is 0.834. The van der Waals surface area contributed by atoms with Crippen LogP contribution in [0.15, 0.2) is 28.7 Å². The molecular formula is C11H10BrNOS. The van der Waals surface area contributed by atoms with Crippen LogP contribution >= 0.6 is 27.5 Å². The molecule has 2 aromatic rings. The number of ether oxygens (including phenoxy) is 1. The lowest BCUT2D eigenvalue weighted by Crippen LogP contribution is -1.83. The highest BCUT2D eigenvalue weighted by atomic mass is 79.9. The van der Waals surface area contributed by atoms with Crippen molar-refractivity contribution in [3.05, 3.63) is 33.6 Å². The van der Waals surface area contributed by atoms with E-state index in [1.807, 2.05) is 24.3 Å². The molecule has 0 spiro atoms. The Kier molecular flexibility index (Phi) is 3.07. The third kappa shape index (κ3) is 2.06. The number of benzene rings is 1. The molecule has 0 bridgehead atoms. The molecule has 0 fully saturated rings. The van der Waals surface area contributed by atoms with E-state index in [2.05, 4.69) is 27.2 Å². The average Bonchev–Trinajstić information content (AvgIpc) is 2.60. The second kappa shape index (κ2) is 4.33. The van der Waals surface area contributed by atoms with E-state index in [4.69, 9.17) is 4.74 Å². The number of aryl methyl sites for hydroxylation is 1. The first kappa shape index (κ1) is 10.6. The van der Waals surface area contributed by atoms with Crippen LogP contribution in [0.3, 0.4) is 0 Å². The Hall–Kier alpha value is -0.870. The summed E-state index contributed by atoms with van der Waals surface area (Å²) >= 11 is 5.05. The molecule has 0 radical (unpaired) electrons. The van der Waals surface area contributed by atoms with Crippen LogP contribution in [0.5, 0.6) is 5.75 Å². The molecule has 0 aliphatic carbocycles. The third-order valence-corrected chi connectivity index (χ3v) is 4.14. The fraction of sp³-hybridized carbons (Fsp3) is 0.182. The van der Waals surface area contributed by atoms with Crippen LogP contribution in [0.25, 0.3) is 11.3 Å². The minimum absolute atomic E-state index is 0.863. The van der Waals surface area contributed by atoms with Gasteiger partial charge in [-0.2, -0.15) is 4.37 Å². The largest absolute Gasteiger partial charge is 0.497 e. The number of rotatable bonds is 2. The third-order valence-electron chi connectivity index (χ3n) is 2.15. The van der Waals surface area contributed by atoms with Crippen molar-refractivity contribution in [3.63, 3.8) is 0 Å². The van der Waals surface area contributed by atoms with E-state index in [0.29, 0.717) is 0 Å². The van der Waals surface area contributed by atoms with Gasteiger partial charge in [0.25, 0.3) is 0 Å². The van der Waals surface area contributed by atoms with Crippen molar-refractivity contribution < 1.29 is 4.74 Å². The highest BCUT2D eigenvalue weighted by Gasteiger charge is 2.09. The van der Waals surface area contributed by atoms with Gasteiger partial charge in [0.15, 0.2) is 0 Å². The summed E-state index contributed by atoms with van der Waals surface area (Å²) in [5.41, 5.74) is 2.10. The van der Waals surface area contributed by atoms with E-state index in [-0.39, 0.29) is 0 Å². The van der Waals surface area contributed by atoms with Crippen LogP contribution in [0.2, 0.25) is 0 Å². The van der Waals surface area contributed by atoms with Crippen LogP contribution in [-0.4, -0.2) is 11.5 Å². The zero-order valence-electron chi connectivity index (χ0n) is 8.45. The maximum Gasteiger partial charge on any atom is 0.118 e. The standard InChI is InChI=1S/C11H10BrNOS/c1-7-10(12)11(13-15-7)8-3-5-9(14-2)6-4-8/h3-6H,1-2H3. The van der Waals surface area contributed by atoms with E-state index in [1.165, 1.54) is 16.4 Å². The molecule has 1 aromatic carbocycles. The first-order valence-corrected chi connectivity index (χ1v) is 6.05. The van der Waals surface area contributed by atoms with Crippen molar-refractivity contribution in [2.75, 3.05) is 7.11 Å². The van der Waals surface area contributed by atoms with Gasteiger partial charge in [-0.15, -0.1) is 0 Å². The van der Waals surface area contributed by atoms with Crippen molar-refractivity contribution in [1.29, 1.82) is 0 Å². The lowest BCUT2D eigenvalue weighted by atomic mass is 10.1. The molecule has 2 rings (SSSR count). The molecule has 0 atom stereocenters. The molecular weight excluding hydrogens is 274 g/mol. The molecule has 15 heavy (non-hydrogen) atoms. The Balaban J connectivity index is 2.41. The summed E-state index contributed by atoms with van der Waals surface area (Å²) in [6.45, 7) is 2.05. The molecule has 0 saturated carbocycles. The van der Waals surface area contributed by atoms with Gasteiger partial charge in [0.05, 0.1) is 17.3 Å². The first-order valence-electron chi connectivity index (χ1n) is 4.48. The van der Waals surface area contributed by atoms with Gasteiger partial charge in [0.2, 0.25) is 0 Å². The summed E-state index contributed by atoms with van der Waals surface area (Å²) in [6.07, 6.45) is 0. The Morgan fingerprint density at radius 1 is 1.27 bits per heavy atom.